The number of hydrogen-bond donors (Lipinski definition) is 0. The Labute approximate surface area is 110 Å². The zero-order valence-electron chi connectivity index (χ0n) is 12.6. The van der Waals surface area contributed by atoms with Crippen molar-refractivity contribution in [2.45, 2.75) is 45.7 Å². The van der Waals surface area contributed by atoms with E-state index in [1.165, 1.54) is 5.88 Å². The van der Waals surface area contributed by atoms with Crippen LogP contribution in [0, 0.1) is 0 Å². The minimum atomic E-state index is -0.604. The molecule has 0 bridgehead atoms. The molecular formula is C15H31NS. The molecule has 0 aliphatic heterocycles. The van der Waals surface area contributed by atoms with Crippen molar-refractivity contribution in [1.29, 1.82) is 0 Å². The average Bonchev–Trinajstić information content (AvgIpc) is 2.13. The van der Waals surface area contributed by atoms with Crippen LogP contribution in [0.25, 0.3) is 0 Å². The fourth-order valence-corrected chi connectivity index (χ4v) is 4.39. The minimum Gasteiger partial charge on any atom is -0.288 e. The highest BCUT2D eigenvalue weighted by Gasteiger charge is 2.30. The molecule has 2 heteroatoms. The van der Waals surface area contributed by atoms with Crippen LogP contribution in [0.2, 0.25) is 0 Å². The van der Waals surface area contributed by atoms with E-state index in [-0.39, 0.29) is 5.54 Å². The quantitative estimate of drug-likeness (QED) is 0.587. The highest BCUT2D eigenvalue weighted by atomic mass is 32.3. The normalized spacial score (nSPS) is 14.1. The Morgan fingerprint density at radius 1 is 1.18 bits per heavy atom. The van der Waals surface area contributed by atoms with Crippen LogP contribution < -0.4 is 0 Å². The Hall–Kier alpha value is -0.210. The molecule has 0 saturated heterocycles. The second-order valence-corrected chi connectivity index (χ2v) is 10.3. The van der Waals surface area contributed by atoms with Gasteiger partial charge in [0.1, 0.15) is 0 Å². The van der Waals surface area contributed by atoms with E-state index in [0.29, 0.717) is 6.04 Å². The van der Waals surface area contributed by atoms with Gasteiger partial charge in [-0.05, 0) is 52.4 Å². The first-order valence-electron chi connectivity index (χ1n) is 6.33. The van der Waals surface area contributed by atoms with Gasteiger partial charge < -0.3 is 0 Å². The maximum Gasteiger partial charge on any atom is 0.0296 e. The second kappa shape index (κ2) is 6.65. The molecule has 0 aromatic rings. The summed E-state index contributed by atoms with van der Waals surface area (Å²) in [4.78, 5) is 2.62. The van der Waals surface area contributed by atoms with E-state index in [0.717, 1.165) is 12.2 Å². The van der Waals surface area contributed by atoms with Gasteiger partial charge in [0.15, 0.2) is 0 Å². The maximum atomic E-state index is 3.88. The lowest BCUT2D eigenvalue weighted by Crippen LogP contribution is -2.49. The molecule has 0 aliphatic carbocycles. The van der Waals surface area contributed by atoms with Gasteiger partial charge in [-0.1, -0.05) is 12.2 Å². The summed E-state index contributed by atoms with van der Waals surface area (Å²) >= 11 is 0. The van der Waals surface area contributed by atoms with E-state index in [1.807, 2.05) is 6.08 Å². The number of nitrogens with zero attached hydrogens (tertiary/aromatic N) is 1. The van der Waals surface area contributed by atoms with E-state index in [1.54, 1.807) is 0 Å². The third-order valence-corrected chi connectivity index (χ3v) is 5.22. The summed E-state index contributed by atoms with van der Waals surface area (Å²) in [6.07, 6.45) is 9.93. The summed E-state index contributed by atoms with van der Waals surface area (Å²) in [7, 11) is -0.604. The monoisotopic (exact) mass is 257 g/mol. The van der Waals surface area contributed by atoms with Crippen molar-refractivity contribution < 1.29 is 0 Å². The zero-order chi connectivity index (χ0) is 13.7. The van der Waals surface area contributed by atoms with Gasteiger partial charge in [-0.3, -0.25) is 4.90 Å². The van der Waals surface area contributed by atoms with Crippen LogP contribution in [-0.2, 0) is 0 Å². The van der Waals surface area contributed by atoms with Crippen LogP contribution in [0.4, 0.5) is 0 Å². The van der Waals surface area contributed by atoms with Gasteiger partial charge in [0.25, 0.3) is 0 Å². The SMILES string of the molecule is C=CCC(C)(C)N(CS(C)(C)CC=C)C(C)C. The fourth-order valence-electron chi connectivity index (χ4n) is 2.24. The highest BCUT2D eigenvalue weighted by molar-refractivity contribution is 8.32. The first kappa shape index (κ1) is 16.8. The third kappa shape index (κ3) is 5.78. The summed E-state index contributed by atoms with van der Waals surface area (Å²) in [6.45, 7) is 17.0. The second-order valence-electron chi connectivity index (χ2n) is 6.22. The molecule has 17 heavy (non-hydrogen) atoms. The van der Waals surface area contributed by atoms with Gasteiger partial charge in [0.2, 0.25) is 0 Å². The van der Waals surface area contributed by atoms with Gasteiger partial charge >= 0.3 is 0 Å². The lowest BCUT2D eigenvalue weighted by Gasteiger charge is -2.47. The zero-order valence-corrected chi connectivity index (χ0v) is 13.4. The molecule has 0 spiro atoms. The maximum absolute atomic E-state index is 3.88. The van der Waals surface area contributed by atoms with Crippen molar-refractivity contribution >= 4 is 10.0 Å². The summed E-state index contributed by atoms with van der Waals surface area (Å²) in [6, 6.07) is 0.571. The molecule has 0 aromatic carbocycles. The largest absolute Gasteiger partial charge is 0.288 e. The predicted molar refractivity (Wildman–Crippen MR) is 85.2 cm³/mol. The van der Waals surface area contributed by atoms with Crippen LogP contribution in [0.1, 0.15) is 34.1 Å². The van der Waals surface area contributed by atoms with E-state index in [4.69, 9.17) is 0 Å². The fraction of sp³-hybridized carbons (Fsp3) is 0.733. The van der Waals surface area contributed by atoms with Gasteiger partial charge in [-0.25, -0.2) is 10.0 Å². The minimum absolute atomic E-state index is 0.196. The molecule has 0 saturated carbocycles. The van der Waals surface area contributed by atoms with Crippen molar-refractivity contribution in [3.63, 3.8) is 0 Å². The Kier molecular flexibility index (Phi) is 6.57. The van der Waals surface area contributed by atoms with Crippen LogP contribution >= 0.6 is 10.0 Å². The van der Waals surface area contributed by atoms with Crippen molar-refractivity contribution in [2.24, 2.45) is 0 Å². The molecule has 0 N–H and O–H groups in total. The van der Waals surface area contributed by atoms with E-state index in [9.17, 15) is 0 Å². The van der Waals surface area contributed by atoms with Gasteiger partial charge in [0.05, 0.1) is 0 Å². The molecule has 0 radical (unpaired) electrons. The van der Waals surface area contributed by atoms with Gasteiger partial charge in [-0.15, -0.1) is 13.2 Å². The first-order chi connectivity index (χ1) is 7.66. The molecule has 0 unspecified atom stereocenters. The van der Waals surface area contributed by atoms with Crippen molar-refractivity contribution in [3.05, 3.63) is 25.3 Å². The Bertz CT molecular complexity index is 254. The predicted octanol–water partition coefficient (Wildman–Crippen LogP) is 4.26. The highest BCUT2D eigenvalue weighted by Crippen LogP contribution is 2.42. The lowest BCUT2D eigenvalue weighted by molar-refractivity contribution is 0.112. The molecular weight excluding hydrogens is 226 g/mol. The molecule has 0 atom stereocenters. The van der Waals surface area contributed by atoms with Crippen molar-refractivity contribution in [2.75, 3.05) is 24.1 Å². The van der Waals surface area contributed by atoms with Crippen LogP contribution in [0.15, 0.2) is 25.3 Å². The molecule has 1 nitrogen and oxygen atoms in total. The first-order valence-corrected chi connectivity index (χ1v) is 9.12. The Balaban J connectivity index is 4.87. The van der Waals surface area contributed by atoms with Gasteiger partial charge in [0, 0.05) is 17.5 Å². The van der Waals surface area contributed by atoms with Crippen LogP contribution in [0.5, 0.6) is 0 Å². The Morgan fingerprint density at radius 3 is 2.06 bits per heavy atom. The van der Waals surface area contributed by atoms with Crippen LogP contribution in [-0.4, -0.2) is 40.6 Å². The van der Waals surface area contributed by atoms with E-state index in [2.05, 4.69) is 64.3 Å². The molecule has 0 amide bonds. The molecule has 0 fully saturated rings. The molecule has 0 rings (SSSR count). The van der Waals surface area contributed by atoms with E-state index < -0.39 is 10.0 Å². The van der Waals surface area contributed by atoms with Crippen molar-refractivity contribution in [1.82, 2.24) is 4.90 Å². The lowest BCUT2D eigenvalue weighted by atomic mass is 9.97. The summed E-state index contributed by atoms with van der Waals surface area (Å²) in [5.41, 5.74) is 0.196. The van der Waals surface area contributed by atoms with Crippen LogP contribution in [0.3, 0.4) is 0 Å². The summed E-state index contributed by atoms with van der Waals surface area (Å²) in [5, 5.41) is 0. The summed E-state index contributed by atoms with van der Waals surface area (Å²) < 4.78 is 0. The Morgan fingerprint density at radius 2 is 1.71 bits per heavy atom. The molecule has 102 valence electrons. The molecule has 0 aromatic heterocycles. The third-order valence-electron chi connectivity index (χ3n) is 3.10. The average molecular weight is 257 g/mol. The standard InChI is InChI=1S/C15H31NS/c1-9-11-15(5,6)16(14(3)4)13-17(7,8)12-10-2/h9-10,14H,1-2,11-13H2,3-8H3. The number of rotatable bonds is 8. The topological polar surface area (TPSA) is 3.24 Å². The number of hydrogen-bond acceptors (Lipinski definition) is 1. The van der Waals surface area contributed by atoms with Crippen molar-refractivity contribution in [3.8, 4) is 0 Å². The summed E-state index contributed by atoms with van der Waals surface area (Å²) in [5.74, 6) is 2.32. The van der Waals surface area contributed by atoms with E-state index >= 15 is 0 Å². The molecule has 0 aliphatic rings. The molecule has 0 heterocycles. The smallest absolute Gasteiger partial charge is 0.0296 e. The van der Waals surface area contributed by atoms with Gasteiger partial charge in [-0.2, -0.15) is 0 Å².